The van der Waals surface area contributed by atoms with E-state index in [1.54, 1.807) is 7.11 Å². The van der Waals surface area contributed by atoms with Crippen molar-refractivity contribution in [2.75, 3.05) is 7.11 Å². The zero-order valence-corrected chi connectivity index (χ0v) is 8.97. The summed E-state index contributed by atoms with van der Waals surface area (Å²) >= 11 is 1.52. The molecule has 1 aromatic carbocycles. The van der Waals surface area contributed by atoms with Gasteiger partial charge in [-0.3, -0.25) is 0 Å². The molecule has 0 aliphatic carbocycles. The molecule has 3 heteroatoms. The van der Waals surface area contributed by atoms with Crippen LogP contribution >= 0.6 is 11.3 Å². The molecular weight excluding hydrogens is 194 g/mol. The number of methoxy groups -OCH3 is 1. The summed E-state index contributed by atoms with van der Waals surface area (Å²) < 4.78 is 5.05. The summed E-state index contributed by atoms with van der Waals surface area (Å²) in [6, 6.07) is 8.29. The first-order chi connectivity index (χ1) is 6.79. The maximum atomic E-state index is 5.05. The molecule has 0 fully saturated rings. The number of ether oxygens (including phenoxy) is 1. The van der Waals surface area contributed by atoms with Gasteiger partial charge in [0, 0.05) is 10.9 Å². The van der Waals surface area contributed by atoms with Gasteiger partial charge in [0.15, 0.2) is 0 Å². The normalized spacial score (nSPS) is 10.1. The number of aromatic nitrogens is 1. The highest BCUT2D eigenvalue weighted by Gasteiger charge is 2.03. The molecule has 0 N–H and O–H groups in total. The van der Waals surface area contributed by atoms with Crippen molar-refractivity contribution in [1.29, 1.82) is 0 Å². The monoisotopic (exact) mass is 205 g/mol. The molecule has 0 spiro atoms. The summed E-state index contributed by atoms with van der Waals surface area (Å²) in [5.41, 5.74) is 3.37. The Balaban J connectivity index is 2.39. The van der Waals surface area contributed by atoms with E-state index in [-0.39, 0.29) is 0 Å². The summed E-state index contributed by atoms with van der Waals surface area (Å²) in [6.45, 7) is 2.08. The van der Waals surface area contributed by atoms with Crippen LogP contribution in [0, 0.1) is 6.92 Å². The van der Waals surface area contributed by atoms with E-state index in [0.29, 0.717) is 5.19 Å². The molecule has 0 amide bonds. The fourth-order valence-electron chi connectivity index (χ4n) is 1.29. The molecular formula is C11H11NOS. The molecule has 2 nitrogen and oxygen atoms in total. The van der Waals surface area contributed by atoms with E-state index in [2.05, 4.69) is 30.1 Å². The minimum atomic E-state index is 0.710. The molecule has 14 heavy (non-hydrogen) atoms. The molecule has 1 aromatic heterocycles. The number of nitrogens with zero attached hydrogens (tertiary/aromatic N) is 1. The first-order valence-corrected chi connectivity index (χ1v) is 5.24. The Hall–Kier alpha value is -1.35. The van der Waals surface area contributed by atoms with Gasteiger partial charge in [-0.25, -0.2) is 4.98 Å². The SMILES string of the molecule is COc1nc(-c2cccc(C)c2)cs1. The van der Waals surface area contributed by atoms with Crippen molar-refractivity contribution in [3.8, 4) is 16.5 Å². The number of aryl methyl sites for hydroxylation is 1. The first kappa shape index (κ1) is 9.21. The molecule has 0 saturated heterocycles. The summed E-state index contributed by atoms with van der Waals surface area (Å²) in [5, 5.41) is 2.72. The van der Waals surface area contributed by atoms with Gasteiger partial charge in [0.25, 0.3) is 5.19 Å². The van der Waals surface area contributed by atoms with Gasteiger partial charge in [0.1, 0.15) is 0 Å². The molecule has 0 saturated carbocycles. The Labute approximate surface area is 87.2 Å². The van der Waals surface area contributed by atoms with Gasteiger partial charge in [0.05, 0.1) is 12.8 Å². The number of thiazole rings is 1. The zero-order chi connectivity index (χ0) is 9.97. The van der Waals surface area contributed by atoms with E-state index in [9.17, 15) is 0 Å². The largest absolute Gasteiger partial charge is 0.473 e. The van der Waals surface area contributed by atoms with Crippen molar-refractivity contribution in [3.05, 3.63) is 35.2 Å². The van der Waals surface area contributed by atoms with Crippen LogP contribution in [0.25, 0.3) is 11.3 Å². The number of benzene rings is 1. The molecule has 0 unspecified atom stereocenters. The third kappa shape index (κ3) is 1.77. The molecule has 2 aromatic rings. The molecule has 72 valence electrons. The topological polar surface area (TPSA) is 22.1 Å². The minimum Gasteiger partial charge on any atom is -0.473 e. The van der Waals surface area contributed by atoms with Gasteiger partial charge in [-0.1, -0.05) is 35.1 Å². The van der Waals surface area contributed by atoms with Crippen LogP contribution in [0.3, 0.4) is 0 Å². The van der Waals surface area contributed by atoms with E-state index >= 15 is 0 Å². The van der Waals surface area contributed by atoms with Crippen LogP contribution in [0.2, 0.25) is 0 Å². The van der Waals surface area contributed by atoms with E-state index in [0.717, 1.165) is 11.3 Å². The lowest BCUT2D eigenvalue weighted by Crippen LogP contribution is -1.82. The molecule has 0 aliphatic rings. The maximum absolute atomic E-state index is 5.05. The van der Waals surface area contributed by atoms with Crippen molar-refractivity contribution < 1.29 is 4.74 Å². The molecule has 0 radical (unpaired) electrons. The van der Waals surface area contributed by atoms with E-state index in [1.165, 1.54) is 16.9 Å². The van der Waals surface area contributed by atoms with Gasteiger partial charge >= 0.3 is 0 Å². The summed E-state index contributed by atoms with van der Waals surface area (Å²) in [7, 11) is 1.64. The minimum absolute atomic E-state index is 0.710. The molecule has 1 heterocycles. The van der Waals surface area contributed by atoms with Crippen molar-refractivity contribution in [2.45, 2.75) is 6.92 Å². The van der Waals surface area contributed by atoms with Gasteiger partial charge < -0.3 is 4.74 Å². The van der Waals surface area contributed by atoms with Crippen LogP contribution in [0.4, 0.5) is 0 Å². The van der Waals surface area contributed by atoms with Gasteiger partial charge in [-0.15, -0.1) is 0 Å². The maximum Gasteiger partial charge on any atom is 0.273 e. The van der Waals surface area contributed by atoms with Gasteiger partial charge in [0.2, 0.25) is 0 Å². The number of rotatable bonds is 2. The number of hydrogen-bond acceptors (Lipinski definition) is 3. The molecule has 0 atom stereocenters. The summed E-state index contributed by atoms with van der Waals surface area (Å²) in [6.07, 6.45) is 0. The Kier molecular flexibility index (Phi) is 2.50. The second-order valence-corrected chi connectivity index (χ2v) is 3.89. The predicted molar refractivity (Wildman–Crippen MR) is 58.8 cm³/mol. The average molecular weight is 205 g/mol. The van der Waals surface area contributed by atoms with Crippen LogP contribution in [-0.4, -0.2) is 12.1 Å². The molecule has 0 aliphatic heterocycles. The fourth-order valence-corrected chi connectivity index (χ4v) is 1.94. The summed E-state index contributed by atoms with van der Waals surface area (Å²) in [4.78, 5) is 4.34. The third-order valence-corrected chi connectivity index (χ3v) is 2.77. The summed E-state index contributed by atoms with van der Waals surface area (Å²) in [5.74, 6) is 0. The van der Waals surface area contributed by atoms with Crippen LogP contribution < -0.4 is 4.74 Å². The first-order valence-electron chi connectivity index (χ1n) is 4.36. The molecule has 0 bridgehead atoms. The van der Waals surface area contributed by atoms with Crippen LogP contribution in [0.1, 0.15) is 5.56 Å². The Morgan fingerprint density at radius 1 is 1.36 bits per heavy atom. The highest BCUT2D eigenvalue weighted by Crippen LogP contribution is 2.26. The van der Waals surface area contributed by atoms with Crippen molar-refractivity contribution in [2.24, 2.45) is 0 Å². The van der Waals surface area contributed by atoms with Gasteiger partial charge in [-0.2, -0.15) is 0 Å². The lowest BCUT2D eigenvalue weighted by atomic mass is 10.1. The van der Waals surface area contributed by atoms with E-state index < -0.39 is 0 Å². The van der Waals surface area contributed by atoms with Crippen molar-refractivity contribution >= 4 is 11.3 Å². The lowest BCUT2D eigenvalue weighted by Gasteiger charge is -1.97. The second kappa shape index (κ2) is 3.80. The highest BCUT2D eigenvalue weighted by atomic mass is 32.1. The van der Waals surface area contributed by atoms with Crippen LogP contribution in [-0.2, 0) is 0 Å². The quantitative estimate of drug-likeness (QED) is 0.751. The predicted octanol–water partition coefficient (Wildman–Crippen LogP) is 3.13. The smallest absolute Gasteiger partial charge is 0.273 e. The van der Waals surface area contributed by atoms with Crippen molar-refractivity contribution in [1.82, 2.24) is 4.98 Å². The van der Waals surface area contributed by atoms with Crippen molar-refractivity contribution in [3.63, 3.8) is 0 Å². The van der Waals surface area contributed by atoms with Crippen LogP contribution in [0.15, 0.2) is 29.6 Å². The lowest BCUT2D eigenvalue weighted by molar-refractivity contribution is 0.412. The molecule has 2 rings (SSSR count). The number of hydrogen-bond donors (Lipinski definition) is 0. The van der Waals surface area contributed by atoms with Crippen LogP contribution in [0.5, 0.6) is 5.19 Å². The van der Waals surface area contributed by atoms with E-state index in [1.807, 2.05) is 11.4 Å². The Morgan fingerprint density at radius 3 is 2.86 bits per heavy atom. The third-order valence-electron chi connectivity index (χ3n) is 1.97. The zero-order valence-electron chi connectivity index (χ0n) is 8.15. The van der Waals surface area contributed by atoms with Gasteiger partial charge in [-0.05, 0) is 13.0 Å². The Bertz CT molecular complexity index is 436. The Morgan fingerprint density at radius 2 is 2.21 bits per heavy atom. The second-order valence-electron chi connectivity index (χ2n) is 3.07. The van der Waals surface area contributed by atoms with E-state index in [4.69, 9.17) is 4.74 Å². The standard InChI is InChI=1S/C11H11NOS/c1-8-4-3-5-9(6-8)10-7-14-11(12-10)13-2/h3-7H,1-2H3. The average Bonchev–Trinajstić information content (AvgIpc) is 2.66. The highest BCUT2D eigenvalue weighted by molar-refractivity contribution is 7.11. The fraction of sp³-hybridized carbons (Fsp3) is 0.182.